The molecule has 200 valence electrons. The molecular formula is C31H26N4O5. The Kier molecular flexibility index (Phi) is 7.54. The largest absolute Gasteiger partial charge is 0.497 e. The molecule has 0 spiro atoms. The first-order valence-corrected chi connectivity index (χ1v) is 12.5. The molecule has 1 N–H and O–H groups in total. The van der Waals surface area contributed by atoms with Crippen LogP contribution < -0.4 is 14.8 Å². The number of hydrogen-bond acceptors (Lipinski definition) is 6. The van der Waals surface area contributed by atoms with Crippen LogP contribution in [0, 0.1) is 10.1 Å². The van der Waals surface area contributed by atoms with E-state index in [1.165, 1.54) is 16.8 Å². The number of non-ortho nitro benzene ring substituents is 1. The third-order valence-corrected chi connectivity index (χ3v) is 6.47. The molecule has 1 heterocycles. The maximum absolute atomic E-state index is 13.9. The summed E-state index contributed by atoms with van der Waals surface area (Å²) in [6.07, 6.45) is 0. The van der Waals surface area contributed by atoms with Crippen LogP contribution >= 0.6 is 0 Å². The van der Waals surface area contributed by atoms with Gasteiger partial charge in [0, 0.05) is 23.8 Å². The maximum atomic E-state index is 13.9. The van der Waals surface area contributed by atoms with E-state index in [2.05, 4.69) is 5.32 Å². The average Bonchev–Trinajstić information content (AvgIpc) is 3.46. The number of rotatable bonds is 9. The van der Waals surface area contributed by atoms with Gasteiger partial charge in [0.1, 0.15) is 17.2 Å². The Labute approximate surface area is 230 Å². The van der Waals surface area contributed by atoms with Crippen molar-refractivity contribution < 1.29 is 19.2 Å². The van der Waals surface area contributed by atoms with Crippen LogP contribution in [0.25, 0.3) is 16.9 Å². The van der Waals surface area contributed by atoms with E-state index in [4.69, 9.17) is 14.6 Å². The summed E-state index contributed by atoms with van der Waals surface area (Å²) in [6.45, 7) is 0. The highest BCUT2D eigenvalue weighted by atomic mass is 16.6. The van der Waals surface area contributed by atoms with E-state index in [1.807, 2.05) is 60.7 Å². The Bertz CT molecular complexity index is 1590. The summed E-state index contributed by atoms with van der Waals surface area (Å²) in [5.41, 5.74) is 3.65. The zero-order valence-corrected chi connectivity index (χ0v) is 21.9. The van der Waals surface area contributed by atoms with Gasteiger partial charge >= 0.3 is 0 Å². The first-order valence-electron chi connectivity index (χ1n) is 12.5. The van der Waals surface area contributed by atoms with Crippen molar-refractivity contribution in [2.24, 2.45) is 0 Å². The summed E-state index contributed by atoms with van der Waals surface area (Å²) in [5, 5.41) is 19.1. The fraction of sp³-hybridized carbons (Fsp3) is 0.0968. The molecule has 0 saturated carbocycles. The summed E-state index contributed by atoms with van der Waals surface area (Å²) >= 11 is 0. The second kappa shape index (κ2) is 11.5. The third kappa shape index (κ3) is 5.39. The first kappa shape index (κ1) is 26.2. The molecule has 0 radical (unpaired) electrons. The highest BCUT2D eigenvalue weighted by Crippen LogP contribution is 2.34. The number of methoxy groups -OCH3 is 2. The van der Waals surface area contributed by atoms with Crippen molar-refractivity contribution in [3.05, 3.63) is 136 Å². The van der Waals surface area contributed by atoms with E-state index in [0.717, 1.165) is 11.1 Å². The van der Waals surface area contributed by atoms with Crippen LogP contribution in [0.1, 0.15) is 27.7 Å². The van der Waals surface area contributed by atoms with Crippen LogP contribution in [-0.2, 0) is 0 Å². The van der Waals surface area contributed by atoms with Crippen molar-refractivity contribution in [3.8, 4) is 28.4 Å². The lowest BCUT2D eigenvalue weighted by molar-refractivity contribution is -0.384. The zero-order valence-electron chi connectivity index (χ0n) is 21.9. The lowest BCUT2D eigenvalue weighted by Crippen LogP contribution is -2.31. The van der Waals surface area contributed by atoms with Gasteiger partial charge in [-0.05, 0) is 41.5 Å². The standard InChI is InChI=1S/C31H26N4O5/c1-39-25-17-18-26(29(19-25)40-2)27-20-28(34(33-27)23-13-15-24(16-14-23)35(37)38)31(36)32-30(21-9-5-3-6-10-21)22-11-7-4-8-12-22/h3-20,30H,1-2H3,(H,32,36). The number of nitro groups is 1. The Hall–Kier alpha value is -5.44. The van der Waals surface area contributed by atoms with Gasteiger partial charge in [-0.1, -0.05) is 60.7 Å². The van der Waals surface area contributed by atoms with E-state index in [-0.39, 0.29) is 17.3 Å². The van der Waals surface area contributed by atoms with Gasteiger partial charge in [0.25, 0.3) is 11.6 Å². The minimum atomic E-state index is -0.474. The van der Waals surface area contributed by atoms with Gasteiger partial charge in [-0.25, -0.2) is 4.68 Å². The van der Waals surface area contributed by atoms with Crippen LogP contribution in [0.15, 0.2) is 109 Å². The van der Waals surface area contributed by atoms with Crippen LogP contribution in [0.5, 0.6) is 11.5 Å². The predicted octanol–water partition coefficient (Wildman–Crippen LogP) is 5.98. The van der Waals surface area contributed by atoms with Gasteiger partial charge in [0.2, 0.25) is 0 Å². The number of amides is 1. The van der Waals surface area contributed by atoms with E-state index >= 15 is 0 Å². The molecule has 0 unspecified atom stereocenters. The molecule has 9 heteroatoms. The SMILES string of the molecule is COc1ccc(-c2cc(C(=O)NC(c3ccccc3)c3ccccc3)n(-c3ccc([N+](=O)[O-])cc3)n2)c(OC)c1. The number of nitrogens with zero attached hydrogens (tertiary/aromatic N) is 3. The van der Waals surface area contributed by atoms with Crippen molar-refractivity contribution in [3.63, 3.8) is 0 Å². The quantitative estimate of drug-likeness (QED) is 0.184. The molecule has 1 amide bonds. The minimum absolute atomic E-state index is 0.0628. The van der Waals surface area contributed by atoms with E-state index in [0.29, 0.717) is 28.4 Å². The molecule has 1 aromatic heterocycles. The fourth-order valence-corrected chi connectivity index (χ4v) is 4.45. The normalized spacial score (nSPS) is 10.8. The van der Waals surface area contributed by atoms with Gasteiger partial charge < -0.3 is 14.8 Å². The first-order chi connectivity index (χ1) is 19.5. The highest BCUT2D eigenvalue weighted by molar-refractivity contribution is 5.95. The Morgan fingerprint density at radius 1 is 0.850 bits per heavy atom. The number of carbonyl (C=O) groups is 1. The lowest BCUT2D eigenvalue weighted by Gasteiger charge is -2.20. The summed E-state index contributed by atoms with van der Waals surface area (Å²) in [7, 11) is 3.11. The van der Waals surface area contributed by atoms with E-state index in [1.54, 1.807) is 50.6 Å². The molecule has 0 atom stereocenters. The maximum Gasteiger partial charge on any atom is 0.270 e. The van der Waals surface area contributed by atoms with Gasteiger partial charge in [-0.3, -0.25) is 14.9 Å². The number of carbonyl (C=O) groups excluding carboxylic acids is 1. The van der Waals surface area contributed by atoms with Crippen LogP contribution in [0.2, 0.25) is 0 Å². The van der Waals surface area contributed by atoms with Crippen molar-refractivity contribution in [1.29, 1.82) is 0 Å². The average molecular weight is 535 g/mol. The number of aromatic nitrogens is 2. The molecule has 9 nitrogen and oxygen atoms in total. The smallest absolute Gasteiger partial charge is 0.270 e. The van der Waals surface area contributed by atoms with E-state index in [9.17, 15) is 14.9 Å². The van der Waals surface area contributed by atoms with Crippen molar-refractivity contribution in [1.82, 2.24) is 15.1 Å². The molecule has 0 aliphatic rings. The van der Waals surface area contributed by atoms with Gasteiger partial charge in [-0.15, -0.1) is 0 Å². The van der Waals surface area contributed by atoms with Crippen LogP contribution in [0.4, 0.5) is 5.69 Å². The Balaban J connectivity index is 1.60. The fourth-order valence-electron chi connectivity index (χ4n) is 4.45. The molecule has 0 aliphatic carbocycles. The van der Waals surface area contributed by atoms with Gasteiger partial charge in [0.05, 0.1) is 36.6 Å². The van der Waals surface area contributed by atoms with Crippen molar-refractivity contribution in [2.45, 2.75) is 6.04 Å². The molecule has 5 aromatic rings. The topological polar surface area (TPSA) is 109 Å². The summed E-state index contributed by atoms with van der Waals surface area (Å²) in [6, 6.07) is 31.8. The number of nitrogens with one attached hydrogen (secondary N) is 1. The Morgan fingerprint density at radius 2 is 1.48 bits per heavy atom. The number of ether oxygens (including phenoxy) is 2. The number of benzene rings is 4. The molecule has 5 rings (SSSR count). The molecular weight excluding hydrogens is 508 g/mol. The number of nitro benzene ring substituents is 1. The second-order valence-electron chi connectivity index (χ2n) is 8.89. The molecule has 0 aliphatic heterocycles. The minimum Gasteiger partial charge on any atom is -0.497 e. The summed E-state index contributed by atoms with van der Waals surface area (Å²) in [4.78, 5) is 24.7. The van der Waals surface area contributed by atoms with Gasteiger partial charge in [0.15, 0.2) is 0 Å². The third-order valence-electron chi connectivity index (χ3n) is 6.47. The highest BCUT2D eigenvalue weighted by Gasteiger charge is 2.24. The summed E-state index contributed by atoms with van der Waals surface area (Å²) < 4.78 is 12.4. The number of hydrogen-bond donors (Lipinski definition) is 1. The lowest BCUT2D eigenvalue weighted by atomic mass is 9.98. The predicted molar refractivity (Wildman–Crippen MR) is 151 cm³/mol. The van der Waals surface area contributed by atoms with Crippen molar-refractivity contribution >= 4 is 11.6 Å². The van der Waals surface area contributed by atoms with E-state index < -0.39 is 11.0 Å². The summed E-state index contributed by atoms with van der Waals surface area (Å²) in [5.74, 6) is 0.760. The molecule has 40 heavy (non-hydrogen) atoms. The molecule has 4 aromatic carbocycles. The zero-order chi connectivity index (χ0) is 28.1. The molecule has 0 bridgehead atoms. The van der Waals surface area contributed by atoms with Gasteiger partial charge in [-0.2, -0.15) is 5.10 Å². The Morgan fingerprint density at radius 3 is 2.02 bits per heavy atom. The van der Waals surface area contributed by atoms with Crippen LogP contribution in [0.3, 0.4) is 0 Å². The second-order valence-corrected chi connectivity index (χ2v) is 8.89. The van der Waals surface area contributed by atoms with Crippen LogP contribution in [-0.4, -0.2) is 34.8 Å². The molecule has 0 saturated heterocycles. The molecule has 0 fully saturated rings. The van der Waals surface area contributed by atoms with Crippen molar-refractivity contribution in [2.75, 3.05) is 14.2 Å². The monoisotopic (exact) mass is 534 g/mol.